The Morgan fingerprint density at radius 3 is 2.72 bits per heavy atom. The molecule has 1 fully saturated rings. The number of aromatic nitrogens is 2. The topological polar surface area (TPSA) is 17.8 Å². The van der Waals surface area contributed by atoms with Gasteiger partial charge in [0.15, 0.2) is 0 Å². The number of alkyl halides is 1. The molecule has 0 saturated heterocycles. The van der Waals surface area contributed by atoms with Crippen molar-refractivity contribution in [1.29, 1.82) is 0 Å². The van der Waals surface area contributed by atoms with E-state index in [1.165, 1.54) is 24.8 Å². The van der Waals surface area contributed by atoms with Crippen molar-refractivity contribution >= 4 is 15.9 Å². The highest BCUT2D eigenvalue weighted by molar-refractivity contribution is 9.09. The quantitative estimate of drug-likeness (QED) is 0.757. The molecule has 102 valence electrons. The molecule has 1 heterocycles. The van der Waals surface area contributed by atoms with Crippen molar-refractivity contribution in [1.82, 2.24) is 9.78 Å². The number of rotatable bonds is 3. The minimum atomic E-state index is 0.210. The molecule has 1 aromatic heterocycles. The van der Waals surface area contributed by atoms with Crippen LogP contribution in [0, 0.1) is 11.8 Å². The van der Waals surface area contributed by atoms with Crippen molar-refractivity contribution in [2.24, 2.45) is 11.8 Å². The molecule has 0 spiro atoms. The summed E-state index contributed by atoms with van der Waals surface area (Å²) in [6.07, 6.45) is 8.26. The van der Waals surface area contributed by atoms with Gasteiger partial charge in [0.25, 0.3) is 0 Å². The average molecular weight is 313 g/mol. The van der Waals surface area contributed by atoms with Gasteiger partial charge in [-0.15, -0.1) is 0 Å². The van der Waals surface area contributed by atoms with E-state index in [-0.39, 0.29) is 5.41 Å². The van der Waals surface area contributed by atoms with Gasteiger partial charge in [-0.1, -0.05) is 43.1 Å². The van der Waals surface area contributed by atoms with E-state index >= 15 is 0 Å². The third-order valence-corrected chi connectivity index (χ3v) is 5.67. The van der Waals surface area contributed by atoms with E-state index in [9.17, 15) is 0 Å². The molecule has 0 amide bonds. The van der Waals surface area contributed by atoms with Crippen LogP contribution in [0.4, 0.5) is 0 Å². The van der Waals surface area contributed by atoms with E-state index in [1.54, 1.807) is 0 Å². The molecule has 2 rings (SSSR count). The molecule has 3 unspecified atom stereocenters. The molecule has 0 N–H and O–H groups in total. The minimum Gasteiger partial charge on any atom is -0.273 e. The van der Waals surface area contributed by atoms with Crippen LogP contribution >= 0.6 is 15.9 Å². The Labute approximate surface area is 119 Å². The van der Waals surface area contributed by atoms with E-state index in [0.29, 0.717) is 10.7 Å². The summed E-state index contributed by atoms with van der Waals surface area (Å²) in [5.74, 6) is 1.57. The Morgan fingerprint density at radius 2 is 2.17 bits per heavy atom. The second-order valence-corrected chi connectivity index (χ2v) is 7.52. The largest absolute Gasteiger partial charge is 0.273 e. The summed E-state index contributed by atoms with van der Waals surface area (Å²) in [5, 5.41) is 4.44. The molecule has 2 nitrogen and oxygen atoms in total. The first-order chi connectivity index (χ1) is 8.45. The lowest BCUT2D eigenvalue weighted by Crippen LogP contribution is -2.38. The number of hydrogen-bond acceptors (Lipinski definition) is 1. The van der Waals surface area contributed by atoms with Crippen LogP contribution in [0.25, 0.3) is 0 Å². The molecule has 1 aromatic rings. The van der Waals surface area contributed by atoms with Crippen molar-refractivity contribution in [2.75, 3.05) is 0 Å². The predicted octanol–water partition coefficient (Wildman–Crippen LogP) is 4.38. The Hall–Kier alpha value is -0.310. The zero-order valence-electron chi connectivity index (χ0n) is 12.0. The van der Waals surface area contributed by atoms with Crippen LogP contribution in [-0.2, 0) is 12.0 Å². The van der Waals surface area contributed by atoms with Gasteiger partial charge < -0.3 is 0 Å². The van der Waals surface area contributed by atoms with Gasteiger partial charge in [-0.3, -0.25) is 4.68 Å². The lowest BCUT2D eigenvalue weighted by atomic mass is 9.66. The molecular formula is C15H25BrN2. The van der Waals surface area contributed by atoms with Crippen LogP contribution in [-0.4, -0.2) is 14.6 Å². The van der Waals surface area contributed by atoms with Crippen molar-refractivity contribution in [3.63, 3.8) is 0 Å². The Balaban J connectivity index is 2.19. The molecule has 1 aliphatic carbocycles. The number of hydrogen-bond donors (Lipinski definition) is 0. The van der Waals surface area contributed by atoms with Crippen LogP contribution in [0.1, 0.15) is 52.5 Å². The molecule has 1 aliphatic rings. The van der Waals surface area contributed by atoms with E-state index in [1.807, 2.05) is 4.68 Å². The third kappa shape index (κ3) is 2.66. The molecule has 3 atom stereocenters. The van der Waals surface area contributed by atoms with Crippen LogP contribution in [0.2, 0.25) is 0 Å². The fourth-order valence-electron chi connectivity index (χ4n) is 3.21. The van der Waals surface area contributed by atoms with Crippen molar-refractivity contribution in [2.45, 2.75) is 63.7 Å². The second kappa shape index (κ2) is 5.36. The summed E-state index contributed by atoms with van der Waals surface area (Å²) < 4.78 is 2.03. The molecule has 0 radical (unpaired) electrons. The normalized spacial score (nSPS) is 29.5. The van der Waals surface area contributed by atoms with Gasteiger partial charge in [0.2, 0.25) is 0 Å². The number of nitrogens with zero attached hydrogens (tertiary/aromatic N) is 2. The van der Waals surface area contributed by atoms with Gasteiger partial charge in [-0.05, 0) is 42.6 Å². The summed E-state index contributed by atoms with van der Waals surface area (Å²) >= 11 is 3.92. The fourth-order valence-corrected chi connectivity index (χ4v) is 4.77. The lowest BCUT2D eigenvalue weighted by Gasteiger charge is -2.41. The monoisotopic (exact) mass is 312 g/mol. The minimum absolute atomic E-state index is 0.210. The Kier molecular flexibility index (Phi) is 4.20. The maximum atomic E-state index is 4.44. The maximum Gasteiger partial charge on any atom is 0.0527 e. The summed E-state index contributed by atoms with van der Waals surface area (Å²) in [6, 6.07) is 0. The maximum absolute atomic E-state index is 4.44. The molecule has 0 aliphatic heterocycles. The molecule has 1 saturated carbocycles. The van der Waals surface area contributed by atoms with Crippen LogP contribution < -0.4 is 0 Å². The number of halogens is 1. The second-order valence-electron chi connectivity index (χ2n) is 6.35. The zero-order chi connectivity index (χ0) is 13.3. The summed E-state index contributed by atoms with van der Waals surface area (Å²) in [5.41, 5.74) is 1.59. The first-order valence-electron chi connectivity index (χ1n) is 7.12. The first-order valence-corrected chi connectivity index (χ1v) is 8.03. The predicted molar refractivity (Wildman–Crippen MR) is 80.1 cm³/mol. The zero-order valence-corrected chi connectivity index (χ0v) is 13.6. The van der Waals surface area contributed by atoms with Gasteiger partial charge in [0.1, 0.15) is 0 Å². The third-order valence-electron chi connectivity index (χ3n) is 4.66. The smallest absolute Gasteiger partial charge is 0.0527 e. The number of aryl methyl sites for hydroxylation is 1. The molecule has 3 heteroatoms. The van der Waals surface area contributed by atoms with E-state index < -0.39 is 0 Å². The van der Waals surface area contributed by atoms with Gasteiger partial charge in [0, 0.05) is 17.6 Å². The van der Waals surface area contributed by atoms with E-state index in [2.05, 4.69) is 61.1 Å². The van der Waals surface area contributed by atoms with Crippen molar-refractivity contribution in [3.05, 3.63) is 18.0 Å². The summed E-state index contributed by atoms with van der Waals surface area (Å²) in [4.78, 5) is 0.640. The summed E-state index contributed by atoms with van der Waals surface area (Å²) in [6.45, 7) is 10.2. The molecule has 0 bridgehead atoms. The van der Waals surface area contributed by atoms with Crippen molar-refractivity contribution < 1.29 is 0 Å². The molecule has 18 heavy (non-hydrogen) atoms. The first kappa shape index (κ1) is 14.1. The van der Waals surface area contributed by atoms with Gasteiger partial charge in [0.05, 0.1) is 6.20 Å². The highest BCUT2D eigenvalue weighted by atomic mass is 79.9. The van der Waals surface area contributed by atoms with Crippen LogP contribution in [0.5, 0.6) is 0 Å². The van der Waals surface area contributed by atoms with Gasteiger partial charge >= 0.3 is 0 Å². The highest BCUT2D eigenvalue weighted by Crippen LogP contribution is 2.45. The lowest BCUT2D eigenvalue weighted by molar-refractivity contribution is 0.214. The van der Waals surface area contributed by atoms with E-state index in [4.69, 9.17) is 0 Å². The fraction of sp³-hybridized carbons (Fsp3) is 0.800. The standard InChI is InChI=1S/C15H25BrN2/c1-5-18-10-12(9-17-18)15(3,4)13-7-6-11(2)8-14(13)16/h9-11,13-14H,5-8H2,1-4H3. The Morgan fingerprint density at radius 1 is 1.44 bits per heavy atom. The SMILES string of the molecule is CCn1cc(C(C)(C)C2CCC(C)CC2Br)cn1. The van der Waals surface area contributed by atoms with Crippen molar-refractivity contribution in [3.8, 4) is 0 Å². The molecule has 0 aromatic carbocycles. The van der Waals surface area contributed by atoms with Gasteiger partial charge in [-0.2, -0.15) is 5.10 Å². The van der Waals surface area contributed by atoms with Crippen LogP contribution in [0.3, 0.4) is 0 Å². The van der Waals surface area contributed by atoms with E-state index in [0.717, 1.165) is 12.5 Å². The summed E-state index contributed by atoms with van der Waals surface area (Å²) in [7, 11) is 0. The van der Waals surface area contributed by atoms with Gasteiger partial charge in [-0.25, -0.2) is 0 Å². The highest BCUT2D eigenvalue weighted by Gasteiger charge is 2.39. The molecular weight excluding hydrogens is 288 g/mol. The van der Waals surface area contributed by atoms with Crippen LogP contribution in [0.15, 0.2) is 12.4 Å². The Bertz CT molecular complexity index is 397. The average Bonchev–Trinajstić information content (AvgIpc) is 2.77.